The molecule has 0 radical (unpaired) electrons. The number of methoxy groups -OCH3 is 1. The maximum absolute atomic E-state index is 5.44. The van der Waals surface area contributed by atoms with Gasteiger partial charge in [0.15, 0.2) is 0 Å². The number of benzene rings is 1. The third kappa shape index (κ3) is 1.69. The van der Waals surface area contributed by atoms with E-state index >= 15 is 0 Å². The van der Waals surface area contributed by atoms with Crippen molar-refractivity contribution in [1.29, 1.82) is 0 Å². The van der Waals surface area contributed by atoms with E-state index < -0.39 is 0 Å². The van der Waals surface area contributed by atoms with E-state index in [1.807, 2.05) is 12.3 Å². The van der Waals surface area contributed by atoms with Gasteiger partial charge in [0.1, 0.15) is 5.75 Å². The lowest BCUT2D eigenvalue weighted by Gasteiger charge is -2.35. The van der Waals surface area contributed by atoms with Crippen LogP contribution in [0.5, 0.6) is 5.75 Å². The summed E-state index contributed by atoms with van der Waals surface area (Å²) in [5.41, 5.74) is 3.52. The fourth-order valence-electron chi connectivity index (χ4n) is 2.93. The van der Waals surface area contributed by atoms with E-state index in [1.54, 1.807) is 19.1 Å². The third-order valence-corrected chi connectivity index (χ3v) is 4.86. The summed E-state index contributed by atoms with van der Waals surface area (Å²) in [6.07, 6.45) is 6.21. The molecule has 100 valence electrons. The fraction of sp³-hybridized carbons (Fsp3) is 0.188. The number of hydrogen-bond donors (Lipinski definition) is 1. The summed E-state index contributed by atoms with van der Waals surface area (Å²) in [5.74, 6) is 1.22. The van der Waals surface area contributed by atoms with Gasteiger partial charge in [0, 0.05) is 22.6 Å². The van der Waals surface area contributed by atoms with Crippen molar-refractivity contribution in [2.45, 2.75) is 16.9 Å². The molecule has 2 heterocycles. The first-order chi connectivity index (χ1) is 9.88. The average molecular weight is 282 g/mol. The zero-order chi connectivity index (χ0) is 13.5. The molecule has 2 unspecified atom stereocenters. The topological polar surface area (TPSA) is 34.1 Å². The zero-order valence-electron chi connectivity index (χ0n) is 11.0. The molecule has 2 aliphatic rings. The van der Waals surface area contributed by atoms with Crippen LogP contribution >= 0.6 is 11.9 Å². The van der Waals surface area contributed by atoms with Crippen LogP contribution in [0.3, 0.4) is 0 Å². The van der Waals surface area contributed by atoms with Crippen molar-refractivity contribution in [2.24, 2.45) is 0 Å². The minimum atomic E-state index is 0.199. The molecule has 0 saturated heterocycles. The van der Waals surface area contributed by atoms with E-state index in [1.165, 1.54) is 10.5 Å². The summed E-state index contributed by atoms with van der Waals surface area (Å²) in [6.45, 7) is 0. The molecular formula is C16H14N2OS. The lowest BCUT2D eigenvalue weighted by molar-refractivity contribution is 0.410. The molecule has 4 heteroatoms. The lowest BCUT2D eigenvalue weighted by Crippen LogP contribution is -2.29. The molecule has 1 aromatic heterocycles. The van der Waals surface area contributed by atoms with Crippen LogP contribution in [-0.4, -0.2) is 12.1 Å². The molecule has 0 fully saturated rings. The van der Waals surface area contributed by atoms with Crippen LogP contribution in [0.2, 0.25) is 0 Å². The SMILES string of the molecule is COc1ccnc2c1C=CC1c3ccccc3SNC21. The Morgan fingerprint density at radius 3 is 3.05 bits per heavy atom. The van der Waals surface area contributed by atoms with Crippen molar-refractivity contribution in [3.8, 4) is 5.75 Å². The lowest BCUT2D eigenvalue weighted by atomic mass is 9.83. The molecule has 1 aliphatic carbocycles. The Labute approximate surface area is 122 Å². The Morgan fingerprint density at radius 2 is 2.15 bits per heavy atom. The van der Waals surface area contributed by atoms with Crippen molar-refractivity contribution < 1.29 is 4.74 Å². The van der Waals surface area contributed by atoms with Crippen molar-refractivity contribution >= 4 is 18.0 Å². The molecule has 2 aromatic rings. The zero-order valence-corrected chi connectivity index (χ0v) is 11.9. The van der Waals surface area contributed by atoms with Gasteiger partial charge in [0.05, 0.1) is 18.8 Å². The average Bonchev–Trinajstić information content (AvgIpc) is 2.53. The van der Waals surface area contributed by atoms with Gasteiger partial charge in [-0.05, 0) is 29.6 Å². The molecule has 4 rings (SSSR count). The van der Waals surface area contributed by atoms with E-state index in [4.69, 9.17) is 4.74 Å². The smallest absolute Gasteiger partial charge is 0.129 e. The quantitative estimate of drug-likeness (QED) is 0.811. The molecule has 1 N–H and O–H groups in total. The maximum Gasteiger partial charge on any atom is 0.129 e. The number of nitrogens with one attached hydrogen (secondary N) is 1. The van der Waals surface area contributed by atoms with Crippen molar-refractivity contribution in [1.82, 2.24) is 9.71 Å². The molecular weight excluding hydrogens is 268 g/mol. The highest BCUT2D eigenvalue weighted by atomic mass is 32.2. The van der Waals surface area contributed by atoms with Gasteiger partial charge in [-0.15, -0.1) is 0 Å². The first kappa shape index (κ1) is 12.0. The van der Waals surface area contributed by atoms with Crippen LogP contribution in [0.15, 0.2) is 47.5 Å². The fourth-order valence-corrected chi connectivity index (χ4v) is 3.91. The molecule has 1 aliphatic heterocycles. The van der Waals surface area contributed by atoms with E-state index in [0.717, 1.165) is 17.0 Å². The molecule has 0 saturated carbocycles. The van der Waals surface area contributed by atoms with Crippen LogP contribution < -0.4 is 9.46 Å². The number of ether oxygens (including phenoxy) is 1. The Hall–Kier alpha value is -1.78. The number of nitrogens with zero attached hydrogens (tertiary/aromatic N) is 1. The molecule has 0 bridgehead atoms. The van der Waals surface area contributed by atoms with Gasteiger partial charge in [-0.2, -0.15) is 0 Å². The predicted octanol–water partition coefficient (Wildman–Crippen LogP) is 3.55. The highest BCUT2D eigenvalue weighted by molar-refractivity contribution is 7.97. The second kappa shape index (κ2) is 4.65. The molecule has 3 nitrogen and oxygen atoms in total. The van der Waals surface area contributed by atoms with Crippen LogP contribution in [0.1, 0.15) is 28.8 Å². The molecule has 0 amide bonds. The standard InChI is InChI=1S/C16H14N2OS/c1-19-13-8-9-17-15-12(13)7-6-11-10-4-2-3-5-14(10)20-18-16(11)15/h2-9,11,16,18H,1H3. The van der Waals surface area contributed by atoms with Gasteiger partial charge >= 0.3 is 0 Å². The molecule has 20 heavy (non-hydrogen) atoms. The number of pyridine rings is 1. The van der Waals surface area contributed by atoms with Gasteiger partial charge in [-0.3, -0.25) is 4.98 Å². The van der Waals surface area contributed by atoms with E-state index in [9.17, 15) is 0 Å². The minimum absolute atomic E-state index is 0.199. The second-order valence-corrected chi connectivity index (χ2v) is 5.81. The summed E-state index contributed by atoms with van der Waals surface area (Å²) in [4.78, 5) is 5.87. The Kier molecular flexibility index (Phi) is 2.79. The summed E-state index contributed by atoms with van der Waals surface area (Å²) in [7, 11) is 1.70. The Bertz CT molecular complexity index is 699. The number of aromatic nitrogens is 1. The molecule has 2 atom stereocenters. The summed E-state index contributed by atoms with van der Waals surface area (Å²) < 4.78 is 8.97. The Morgan fingerprint density at radius 1 is 1.25 bits per heavy atom. The van der Waals surface area contributed by atoms with Crippen molar-refractivity contribution in [3.05, 3.63) is 59.4 Å². The maximum atomic E-state index is 5.44. The summed E-state index contributed by atoms with van der Waals surface area (Å²) in [6, 6.07) is 10.7. The number of hydrogen-bond acceptors (Lipinski definition) is 4. The van der Waals surface area contributed by atoms with Gasteiger partial charge < -0.3 is 4.74 Å². The summed E-state index contributed by atoms with van der Waals surface area (Å²) >= 11 is 1.69. The van der Waals surface area contributed by atoms with Gasteiger partial charge in [-0.1, -0.05) is 30.4 Å². The van der Waals surface area contributed by atoms with E-state index in [-0.39, 0.29) is 6.04 Å². The number of fused-ring (bicyclic) bond motifs is 5. The van der Waals surface area contributed by atoms with Crippen LogP contribution in [0, 0.1) is 0 Å². The first-order valence-electron chi connectivity index (χ1n) is 6.61. The first-order valence-corrected chi connectivity index (χ1v) is 7.42. The highest BCUT2D eigenvalue weighted by Gasteiger charge is 2.34. The predicted molar refractivity (Wildman–Crippen MR) is 80.7 cm³/mol. The number of rotatable bonds is 1. The largest absolute Gasteiger partial charge is 0.496 e. The minimum Gasteiger partial charge on any atom is -0.496 e. The van der Waals surface area contributed by atoms with Crippen molar-refractivity contribution in [2.75, 3.05) is 7.11 Å². The van der Waals surface area contributed by atoms with E-state index in [2.05, 4.69) is 46.1 Å². The Balaban J connectivity index is 1.86. The monoisotopic (exact) mass is 282 g/mol. The van der Waals surface area contributed by atoms with Crippen molar-refractivity contribution in [3.63, 3.8) is 0 Å². The van der Waals surface area contributed by atoms with Gasteiger partial charge in [0.2, 0.25) is 0 Å². The van der Waals surface area contributed by atoms with Gasteiger partial charge in [-0.25, -0.2) is 4.72 Å². The summed E-state index contributed by atoms with van der Waals surface area (Å²) in [5, 5.41) is 0. The van der Waals surface area contributed by atoms with Gasteiger partial charge in [0.25, 0.3) is 0 Å². The highest BCUT2D eigenvalue weighted by Crippen LogP contribution is 2.47. The van der Waals surface area contributed by atoms with Crippen LogP contribution in [0.25, 0.3) is 6.08 Å². The van der Waals surface area contributed by atoms with E-state index in [0.29, 0.717) is 5.92 Å². The second-order valence-electron chi connectivity index (χ2n) is 4.93. The normalized spacial score (nSPS) is 22.6. The van der Waals surface area contributed by atoms with Crippen LogP contribution in [-0.2, 0) is 0 Å². The van der Waals surface area contributed by atoms with Crippen LogP contribution in [0.4, 0.5) is 0 Å². The molecule has 1 aromatic carbocycles. The molecule has 0 spiro atoms. The third-order valence-electron chi connectivity index (χ3n) is 3.90.